The van der Waals surface area contributed by atoms with Crippen molar-refractivity contribution in [3.8, 4) is 5.69 Å². The topological polar surface area (TPSA) is 24.3 Å². The number of imidazole rings is 1. The van der Waals surface area contributed by atoms with Crippen LogP contribution in [0.2, 0.25) is 0 Å². The molecule has 2 aromatic rings. The first kappa shape index (κ1) is 20.9. The fourth-order valence-electron chi connectivity index (χ4n) is 4.70. The van der Waals surface area contributed by atoms with E-state index in [9.17, 15) is 0 Å². The summed E-state index contributed by atoms with van der Waals surface area (Å²) in [6.45, 7) is 12.8. The average molecular weight is 383 g/mol. The summed E-state index contributed by atoms with van der Waals surface area (Å²) in [5.41, 5.74) is 2.53. The third-order valence-electron chi connectivity index (χ3n) is 6.42. The molecule has 1 aromatic heterocycles. The van der Waals surface area contributed by atoms with Crippen LogP contribution in [0, 0.1) is 11.8 Å². The number of anilines is 1. The molecule has 0 aliphatic heterocycles. The van der Waals surface area contributed by atoms with E-state index in [0.29, 0.717) is 0 Å². The molecule has 1 aliphatic carbocycles. The number of nitrogens with zero attached hydrogens (tertiary/aromatic N) is 4. The van der Waals surface area contributed by atoms with E-state index in [-0.39, 0.29) is 0 Å². The lowest BCUT2D eigenvalue weighted by atomic mass is 9.78. The van der Waals surface area contributed by atoms with Gasteiger partial charge in [0.05, 0.1) is 6.33 Å². The molecular formula is C24H38N4. The first-order valence-electron chi connectivity index (χ1n) is 11.3. The summed E-state index contributed by atoms with van der Waals surface area (Å²) in [7, 11) is 0. The summed E-state index contributed by atoms with van der Waals surface area (Å²) >= 11 is 0. The Bertz CT molecular complexity index is 660. The van der Waals surface area contributed by atoms with Crippen molar-refractivity contribution in [3.63, 3.8) is 0 Å². The molecule has 1 aromatic carbocycles. The van der Waals surface area contributed by atoms with Crippen LogP contribution in [0.25, 0.3) is 5.69 Å². The van der Waals surface area contributed by atoms with Crippen LogP contribution in [0.5, 0.6) is 0 Å². The molecule has 1 saturated carbocycles. The molecule has 3 rings (SSSR count). The molecular weight excluding hydrogens is 344 g/mol. The minimum absolute atomic E-state index is 0.814. The van der Waals surface area contributed by atoms with Crippen LogP contribution in [0.15, 0.2) is 43.0 Å². The molecule has 154 valence electrons. The van der Waals surface area contributed by atoms with Gasteiger partial charge in [0.15, 0.2) is 0 Å². The van der Waals surface area contributed by atoms with Gasteiger partial charge < -0.3 is 14.4 Å². The van der Waals surface area contributed by atoms with Crippen LogP contribution < -0.4 is 4.90 Å². The molecule has 1 heterocycles. The molecule has 28 heavy (non-hydrogen) atoms. The van der Waals surface area contributed by atoms with Crippen LogP contribution in [0.1, 0.15) is 52.9 Å². The lowest BCUT2D eigenvalue weighted by molar-refractivity contribution is 0.161. The molecule has 0 saturated heterocycles. The van der Waals surface area contributed by atoms with Crippen molar-refractivity contribution in [2.24, 2.45) is 11.8 Å². The zero-order chi connectivity index (χ0) is 19.8. The monoisotopic (exact) mass is 382 g/mol. The second-order valence-electron chi connectivity index (χ2n) is 8.22. The summed E-state index contributed by atoms with van der Waals surface area (Å²) in [6, 6.07) is 9.00. The molecule has 1 fully saturated rings. The molecule has 0 amide bonds. The summed E-state index contributed by atoms with van der Waals surface area (Å²) in [4.78, 5) is 9.40. The zero-order valence-electron chi connectivity index (χ0n) is 18.1. The largest absolute Gasteiger partial charge is 0.371 e. The van der Waals surface area contributed by atoms with Gasteiger partial charge in [-0.2, -0.15) is 0 Å². The maximum atomic E-state index is 4.16. The minimum atomic E-state index is 0.814. The molecule has 0 spiro atoms. The van der Waals surface area contributed by atoms with Gasteiger partial charge in [0, 0.05) is 43.4 Å². The molecule has 0 N–H and O–H groups in total. The van der Waals surface area contributed by atoms with Crippen molar-refractivity contribution in [1.29, 1.82) is 0 Å². The van der Waals surface area contributed by atoms with Crippen molar-refractivity contribution < 1.29 is 0 Å². The fourth-order valence-corrected chi connectivity index (χ4v) is 4.70. The van der Waals surface area contributed by atoms with E-state index in [1.54, 1.807) is 0 Å². The van der Waals surface area contributed by atoms with Crippen LogP contribution in [0.4, 0.5) is 5.69 Å². The second kappa shape index (κ2) is 10.7. The summed E-state index contributed by atoms with van der Waals surface area (Å²) in [5, 5.41) is 0. The third kappa shape index (κ3) is 5.38. The van der Waals surface area contributed by atoms with E-state index in [1.165, 1.54) is 69.7 Å². The highest BCUT2D eigenvalue weighted by molar-refractivity contribution is 5.51. The minimum Gasteiger partial charge on any atom is -0.371 e. The Morgan fingerprint density at radius 2 is 1.64 bits per heavy atom. The van der Waals surface area contributed by atoms with Crippen molar-refractivity contribution >= 4 is 5.69 Å². The van der Waals surface area contributed by atoms with E-state index < -0.39 is 0 Å². The van der Waals surface area contributed by atoms with Gasteiger partial charge in [-0.05, 0) is 68.5 Å². The van der Waals surface area contributed by atoms with E-state index in [4.69, 9.17) is 0 Å². The highest BCUT2D eigenvalue weighted by Crippen LogP contribution is 2.33. The Kier molecular flexibility index (Phi) is 7.96. The van der Waals surface area contributed by atoms with Crippen molar-refractivity contribution in [2.45, 2.75) is 52.9 Å². The van der Waals surface area contributed by atoms with Crippen LogP contribution >= 0.6 is 0 Å². The summed E-state index contributed by atoms with van der Waals surface area (Å²) in [6.07, 6.45) is 12.5. The Labute approximate surface area is 171 Å². The number of rotatable bonds is 10. The molecule has 1 aliphatic rings. The number of aromatic nitrogens is 2. The number of hydrogen-bond acceptors (Lipinski definition) is 3. The maximum Gasteiger partial charge on any atom is 0.0991 e. The van der Waals surface area contributed by atoms with Gasteiger partial charge in [0.2, 0.25) is 0 Å². The van der Waals surface area contributed by atoms with Gasteiger partial charge in [0.25, 0.3) is 0 Å². The van der Waals surface area contributed by atoms with E-state index >= 15 is 0 Å². The normalized spacial score (nSPS) is 19.9. The van der Waals surface area contributed by atoms with Gasteiger partial charge >= 0.3 is 0 Å². The van der Waals surface area contributed by atoms with E-state index in [2.05, 4.69) is 64.4 Å². The highest BCUT2D eigenvalue weighted by atomic mass is 15.1. The smallest absolute Gasteiger partial charge is 0.0991 e. The first-order valence-corrected chi connectivity index (χ1v) is 11.3. The lowest BCUT2D eigenvalue weighted by Gasteiger charge is -2.38. The first-order chi connectivity index (χ1) is 13.7. The summed E-state index contributed by atoms with van der Waals surface area (Å²) < 4.78 is 2.06. The van der Waals surface area contributed by atoms with E-state index in [0.717, 1.165) is 18.4 Å². The predicted molar refractivity (Wildman–Crippen MR) is 119 cm³/mol. The second-order valence-corrected chi connectivity index (χ2v) is 8.22. The standard InChI is InChI=1S/C24H38N4/c1-4-16-27(23-11-13-24(14-12-23)28-17-15-25-20-28)19-22-10-8-7-9-21(22)18-26(5-2)6-3/h11-15,17,20-22H,4-10,16,18-19H2,1-3H3. The molecule has 4 nitrogen and oxygen atoms in total. The van der Waals surface area contributed by atoms with Crippen LogP contribution in [-0.2, 0) is 0 Å². The van der Waals surface area contributed by atoms with Crippen molar-refractivity contribution in [3.05, 3.63) is 43.0 Å². The number of hydrogen-bond donors (Lipinski definition) is 0. The van der Waals surface area contributed by atoms with Crippen molar-refractivity contribution in [1.82, 2.24) is 14.5 Å². The summed E-state index contributed by atoms with van der Waals surface area (Å²) in [5.74, 6) is 1.66. The highest BCUT2D eigenvalue weighted by Gasteiger charge is 2.28. The average Bonchev–Trinajstić information content (AvgIpc) is 3.28. The molecule has 2 unspecified atom stereocenters. The maximum absolute atomic E-state index is 4.16. The van der Waals surface area contributed by atoms with Crippen LogP contribution in [-0.4, -0.2) is 47.2 Å². The van der Waals surface area contributed by atoms with Gasteiger partial charge in [-0.25, -0.2) is 4.98 Å². The SMILES string of the molecule is CCCN(CC1CCCCC1CN(CC)CC)c1ccc(-n2ccnc2)cc1. The lowest BCUT2D eigenvalue weighted by Crippen LogP contribution is -2.40. The van der Waals surface area contributed by atoms with Gasteiger partial charge in [-0.3, -0.25) is 0 Å². The van der Waals surface area contributed by atoms with Crippen molar-refractivity contribution in [2.75, 3.05) is 37.6 Å². The van der Waals surface area contributed by atoms with Crippen LogP contribution in [0.3, 0.4) is 0 Å². The molecule has 4 heteroatoms. The Morgan fingerprint density at radius 3 is 2.21 bits per heavy atom. The molecule has 2 atom stereocenters. The molecule has 0 bridgehead atoms. The van der Waals surface area contributed by atoms with Gasteiger partial charge in [-0.15, -0.1) is 0 Å². The quantitative estimate of drug-likeness (QED) is 0.562. The Balaban J connectivity index is 1.70. The Hall–Kier alpha value is -1.81. The predicted octanol–water partition coefficient (Wildman–Crippen LogP) is 5.24. The number of benzene rings is 1. The Morgan fingerprint density at radius 1 is 0.964 bits per heavy atom. The third-order valence-corrected chi connectivity index (χ3v) is 6.42. The van der Waals surface area contributed by atoms with Gasteiger partial charge in [0.1, 0.15) is 0 Å². The van der Waals surface area contributed by atoms with Gasteiger partial charge in [-0.1, -0.05) is 33.6 Å². The zero-order valence-corrected chi connectivity index (χ0v) is 18.1. The van der Waals surface area contributed by atoms with E-state index in [1.807, 2.05) is 18.7 Å². The molecule has 0 radical (unpaired) electrons. The fraction of sp³-hybridized carbons (Fsp3) is 0.625.